The van der Waals surface area contributed by atoms with Crippen LogP contribution in [0.15, 0.2) is 36.4 Å². The van der Waals surface area contributed by atoms with Gasteiger partial charge in [0, 0.05) is 12.0 Å². The summed E-state index contributed by atoms with van der Waals surface area (Å²) in [4.78, 5) is 0. The van der Waals surface area contributed by atoms with E-state index < -0.39 is 11.9 Å². The monoisotopic (exact) mass is 310 g/mol. The maximum atomic E-state index is 13.4. The largest absolute Gasteiger partial charge is 0.493 e. The molecular formula is C16H16ClFO3. The third-order valence-corrected chi connectivity index (χ3v) is 3.62. The second kappa shape index (κ2) is 6.78. The summed E-state index contributed by atoms with van der Waals surface area (Å²) >= 11 is 5.88. The van der Waals surface area contributed by atoms with Gasteiger partial charge >= 0.3 is 0 Å². The molecule has 0 fully saturated rings. The van der Waals surface area contributed by atoms with Crippen LogP contribution in [0.5, 0.6) is 11.5 Å². The summed E-state index contributed by atoms with van der Waals surface area (Å²) in [5.41, 5.74) is 1.20. The van der Waals surface area contributed by atoms with Crippen molar-refractivity contribution in [2.45, 2.75) is 12.5 Å². The Kier molecular flexibility index (Phi) is 5.04. The standard InChI is InChI=1S/C16H16ClFO3/c1-20-14-7-6-10(9-15(14)21-2)8-13(19)11-4-3-5-12(18)16(11)17/h3-7,9,13,19H,8H2,1-2H3. The van der Waals surface area contributed by atoms with Gasteiger partial charge in [-0.3, -0.25) is 0 Å². The van der Waals surface area contributed by atoms with Crippen LogP contribution in [0.3, 0.4) is 0 Å². The Morgan fingerprint density at radius 1 is 1.14 bits per heavy atom. The van der Waals surface area contributed by atoms with Crippen molar-refractivity contribution in [3.05, 3.63) is 58.4 Å². The molecule has 2 rings (SSSR count). The number of rotatable bonds is 5. The van der Waals surface area contributed by atoms with Gasteiger partial charge in [0.25, 0.3) is 0 Å². The summed E-state index contributed by atoms with van der Waals surface area (Å²) in [6, 6.07) is 9.74. The third kappa shape index (κ3) is 3.46. The molecule has 0 saturated carbocycles. The fourth-order valence-electron chi connectivity index (χ4n) is 2.12. The SMILES string of the molecule is COc1ccc(CC(O)c2cccc(F)c2Cl)cc1OC. The van der Waals surface area contributed by atoms with Gasteiger partial charge in [-0.25, -0.2) is 4.39 Å². The number of methoxy groups -OCH3 is 2. The summed E-state index contributed by atoms with van der Waals surface area (Å²) in [7, 11) is 3.10. The molecule has 0 amide bonds. The number of hydrogen-bond donors (Lipinski definition) is 1. The Labute approximate surface area is 127 Å². The maximum Gasteiger partial charge on any atom is 0.160 e. The molecule has 0 heterocycles. The van der Waals surface area contributed by atoms with Gasteiger partial charge in [-0.1, -0.05) is 29.8 Å². The average Bonchev–Trinajstić information content (AvgIpc) is 2.49. The first-order valence-electron chi connectivity index (χ1n) is 6.39. The number of aliphatic hydroxyl groups excluding tert-OH is 1. The van der Waals surface area contributed by atoms with E-state index >= 15 is 0 Å². The van der Waals surface area contributed by atoms with Crippen molar-refractivity contribution >= 4 is 11.6 Å². The molecule has 112 valence electrons. The van der Waals surface area contributed by atoms with Crippen LogP contribution >= 0.6 is 11.6 Å². The number of halogens is 2. The summed E-state index contributed by atoms with van der Waals surface area (Å²) in [5.74, 6) is 0.646. The first kappa shape index (κ1) is 15.6. The Morgan fingerprint density at radius 2 is 1.86 bits per heavy atom. The van der Waals surface area contributed by atoms with Crippen LogP contribution in [-0.4, -0.2) is 19.3 Å². The first-order chi connectivity index (χ1) is 10.1. The molecule has 0 spiro atoms. The molecule has 0 bridgehead atoms. The van der Waals surface area contributed by atoms with E-state index in [-0.39, 0.29) is 5.02 Å². The van der Waals surface area contributed by atoms with Gasteiger partial charge in [-0.2, -0.15) is 0 Å². The highest BCUT2D eigenvalue weighted by atomic mass is 35.5. The second-order valence-corrected chi connectivity index (χ2v) is 4.93. The van der Waals surface area contributed by atoms with E-state index in [0.29, 0.717) is 23.5 Å². The highest BCUT2D eigenvalue weighted by molar-refractivity contribution is 6.31. The van der Waals surface area contributed by atoms with E-state index in [9.17, 15) is 9.50 Å². The molecule has 0 radical (unpaired) electrons. The fourth-order valence-corrected chi connectivity index (χ4v) is 2.37. The lowest BCUT2D eigenvalue weighted by Crippen LogP contribution is -2.04. The van der Waals surface area contributed by atoms with Crippen LogP contribution < -0.4 is 9.47 Å². The molecule has 5 heteroatoms. The lowest BCUT2D eigenvalue weighted by Gasteiger charge is -2.15. The van der Waals surface area contributed by atoms with Gasteiger partial charge in [0.2, 0.25) is 0 Å². The van der Waals surface area contributed by atoms with Crippen molar-refractivity contribution < 1.29 is 19.0 Å². The van der Waals surface area contributed by atoms with E-state index in [1.54, 1.807) is 32.4 Å². The number of benzene rings is 2. The summed E-state index contributed by atoms with van der Waals surface area (Å²) in [6.45, 7) is 0. The molecule has 1 unspecified atom stereocenters. The molecule has 0 aliphatic rings. The van der Waals surface area contributed by atoms with E-state index in [1.807, 2.05) is 6.07 Å². The lowest BCUT2D eigenvalue weighted by molar-refractivity contribution is 0.178. The first-order valence-corrected chi connectivity index (χ1v) is 6.77. The molecular weight excluding hydrogens is 295 g/mol. The summed E-state index contributed by atoms with van der Waals surface area (Å²) in [5, 5.41) is 10.2. The molecule has 3 nitrogen and oxygen atoms in total. The van der Waals surface area contributed by atoms with Crippen LogP contribution in [0.4, 0.5) is 4.39 Å². The van der Waals surface area contributed by atoms with Gasteiger partial charge in [0.15, 0.2) is 11.5 Å². The fraction of sp³-hybridized carbons (Fsp3) is 0.250. The van der Waals surface area contributed by atoms with E-state index in [4.69, 9.17) is 21.1 Å². The number of aliphatic hydroxyl groups is 1. The van der Waals surface area contributed by atoms with Crippen molar-refractivity contribution in [2.24, 2.45) is 0 Å². The van der Waals surface area contributed by atoms with Crippen LogP contribution in [0, 0.1) is 5.82 Å². The Balaban J connectivity index is 2.23. The van der Waals surface area contributed by atoms with Crippen molar-refractivity contribution in [3.63, 3.8) is 0 Å². The van der Waals surface area contributed by atoms with Crippen LogP contribution in [-0.2, 0) is 6.42 Å². The highest BCUT2D eigenvalue weighted by Crippen LogP contribution is 2.31. The van der Waals surface area contributed by atoms with Crippen molar-refractivity contribution in [3.8, 4) is 11.5 Å². The van der Waals surface area contributed by atoms with Crippen LogP contribution in [0.1, 0.15) is 17.2 Å². The minimum Gasteiger partial charge on any atom is -0.493 e. The molecule has 21 heavy (non-hydrogen) atoms. The number of ether oxygens (including phenoxy) is 2. The number of hydrogen-bond acceptors (Lipinski definition) is 3. The second-order valence-electron chi connectivity index (χ2n) is 4.55. The Hall–Kier alpha value is -1.78. The zero-order valence-electron chi connectivity index (χ0n) is 11.8. The minimum atomic E-state index is -0.897. The molecule has 0 aliphatic heterocycles. The van der Waals surface area contributed by atoms with E-state index in [1.165, 1.54) is 12.1 Å². The van der Waals surface area contributed by atoms with Crippen molar-refractivity contribution in [1.29, 1.82) is 0 Å². The third-order valence-electron chi connectivity index (χ3n) is 3.22. The van der Waals surface area contributed by atoms with E-state index in [2.05, 4.69) is 0 Å². The van der Waals surface area contributed by atoms with E-state index in [0.717, 1.165) is 5.56 Å². The van der Waals surface area contributed by atoms with Crippen molar-refractivity contribution in [1.82, 2.24) is 0 Å². The topological polar surface area (TPSA) is 38.7 Å². The Morgan fingerprint density at radius 3 is 2.52 bits per heavy atom. The predicted octanol–water partition coefficient (Wildman–Crippen LogP) is 3.77. The summed E-state index contributed by atoms with van der Waals surface area (Å²) < 4.78 is 23.8. The van der Waals surface area contributed by atoms with Gasteiger partial charge in [-0.05, 0) is 23.8 Å². The predicted molar refractivity (Wildman–Crippen MR) is 79.6 cm³/mol. The molecule has 0 aliphatic carbocycles. The molecule has 0 saturated heterocycles. The van der Waals surface area contributed by atoms with Gasteiger partial charge in [-0.15, -0.1) is 0 Å². The minimum absolute atomic E-state index is 0.0505. The van der Waals surface area contributed by atoms with Crippen molar-refractivity contribution in [2.75, 3.05) is 14.2 Å². The van der Waals surface area contributed by atoms with Crippen LogP contribution in [0.2, 0.25) is 5.02 Å². The lowest BCUT2D eigenvalue weighted by atomic mass is 10.0. The molecule has 1 atom stereocenters. The summed E-state index contributed by atoms with van der Waals surface area (Å²) in [6.07, 6.45) is -0.602. The van der Waals surface area contributed by atoms with Gasteiger partial charge in [0.1, 0.15) is 5.82 Å². The average molecular weight is 311 g/mol. The molecule has 2 aromatic carbocycles. The van der Waals surface area contributed by atoms with Gasteiger partial charge in [0.05, 0.1) is 25.3 Å². The van der Waals surface area contributed by atoms with Gasteiger partial charge < -0.3 is 14.6 Å². The quantitative estimate of drug-likeness (QED) is 0.913. The smallest absolute Gasteiger partial charge is 0.160 e. The van der Waals surface area contributed by atoms with Crippen LogP contribution in [0.25, 0.3) is 0 Å². The maximum absolute atomic E-state index is 13.4. The highest BCUT2D eigenvalue weighted by Gasteiger charge is 2.16. The zero-order chi connectivity index (χ0) is 15.4. The molecule has 2 aromatic rings. The molecule has 1 N–H and O–H groups in total. The Bertz CT molecular complexity index is 631. The normalized spacial score (nSPS) is 12.0. The zero-order valence-corrected chi connectivity index (χ0v) is 12.5. The molecule has 0 aromatic heterocycles.